The number of amides is 1. The first-order valence-corrected chi connectivity index (χ1v) is 11.0. The Labute approximate surface area is 198 Å². The highest BCUT2D eigenvalue weighted by molar-refractivity contribution is 5.77. The van der Waals surface area contributed by atoms with E-state index in [4.69, 9.17) is 18.9 Å². The van der Waals surface area contributed by atoms with Crippen LogP contribution in [0.4, 0.5) is 0 Å². The topological polar surface area (TPSA) is 101 Å². The number of benzene rings is 2. The minimum atomic E-state index is -0.296. The molecule has 0 saturated heterocycles. The van der Waals surface area contributed by atoms with E-state index < -0.39 is 0 Å². The fourth-order valence-corrected chi connectivity index (χ4v) is 3.11. The summed E-state index contributed by atoms with van der Waals surface area (Å²) in [6.07, 6.45) is 0.931. The van der Waals surface area contributed by atoms with Crippen LogP contribution in [0.25, 0.3) is 11.3 Å². The van der Waals surface area contributed by atoms with E-state index >= 15 is 0 Å². The molecule has 3 aromatic rings. The Balaban J connectivity index is 1.52. The average molecular weight is 468 g/mol. The van der Waals surface area contributed by atoms with Gasteiger partial charge in [0.05, 0.1) is 33.1 Å². The smallest absolute Gasteiger partial charge is 0.266 e. The number of hydrogen-bond donors (Lipinski definition) is 1. The van der Waals surface area contributed by atoms with Crippen molar-refractivity contribution in [1.82, 2.24) is 15.1 Å². The summed E-state index contributed by atoms with van der Waals surface area (Å²) in [6, 6.07) is 15.6. The molecule has 1 amide bonds. The third-order valence-electron chi connectivity index (χ3n) is 4.86. The summed E-state index contributed by atoms with van der Waals surface area (Å²) >= 11 is 0. The number of hydrogen-bond acceptors (Lipinski definition) is 7. The largest absolute Gasteiger partial charge is 0.494 e. The van der Waals surface area contributed by atoms with Crippen molar-refractivity contribution in [2.24, 2.45) is 0 Å². The zero-order chi connectivity index (χ0) is 24.3. The van der Waals surface area contributed by atoms with E-state index in [1.54, 1.807) is 56.7 Å². The Morgan fingerprint density at radius 2 is 1.65 bits per heavy atom. The van der Waals surface area contributed by atoms with Gasteiger partial charge in [-0.3, -0.25) is 9.59 Å². The fourth-order valence-electron chi connectivity index (χ4n) is 3.11. The molecule has 1 N–H and O–H groups in total. The van der Waals surface area contributed by atoms with Crippen LogP contribution < -0.4 is 29.8 Å². The van der Waals surface area contributed by atoms with E-state index in [-0.39, 0.29) is 31.2 Å². The van der Waals surface area contributed by atoms with Crippen LogP contribution in [0.2, 0.25) is 0 Å². The zero-order valence-corrected chi connectivity index (χ0v) is 19.6. The van der Waals surface area contributed by atoms with Crippen molar-refractivity contribution in [3.63, 3.8) is 0 Å². The van der Waals surface area contributed by atoms with Gasteiger partial charge in [0, 0.05) is 18.2 Å². The summed E-state index contributed by atoms with van der Waals surface area (Å²) in [4.78, 5) is 24.3. The van der Waals surface area contributed by atoms with Crippen molar-refractivity contribution < 1.29 is 23.7 Å². The molecule has 0 aliphatic carbocycles. The van der Waals surface area contributed by atoms with Crippen molar-refractivity contribution in [2.75, 3.05) is 34.0 Å². The summed E-state index contributed by atoms with van der Waals surface area (Å²) in [5.41, 5.74) is 1.11. The van der Waals surface area contributed by atoms with E-state index in [2.05, 4.69) is 10.4 Å². The highest BCUT2D eigenvalue weighted by Gasteiger charge is 2.09. The molecule has 0 fully saturated rings. The maximum Gasteiger partial charge on any atom is 0.266 e. The molecule has 9 nitrogen and oxygen atoms in total. The molecule has 0 saturated carbocycles. The lowest BCUT2D eigenvalue weighted by atomic mass is 10.1. The van der Waals surface area contributed by atoms with Crippen molar-refractivity contribution in [1.29, 1.82) is 0 Å². The lowest BCUT2D eigenvalue weighted by Gasteiger charge is -2.11. The molecule has 0 radical (unpaired) electrons. The third kappa shape index (κ3) is 6.74. The molecule has 0 atom stereocenters. The first-order valence-electron chi connectivity index (χ1n) is 11.0. The summed E-state index contributed by atoms with van der Waals surface area (Å²) in [5.74, 6) is 2.20. The average Bonchev–Trinajstić information content (AvgIpc) is 2.87. The molecular formula is C25H29N3O6. The van der Waals surface area contributed by atoms with Gasteiger partial charge in [0.2, 0.25) is 0 Å². The molecule has 0 spiro atoms. The van der Waals surface area contributed by atoms with Crippen LogP contribution in [-0.4, -0.2) is 49.7 Å². The normalized spacial score (nSPS) is 10.4. The highest BCUT2D eigenvalue weighted by atomic mass is 16.5. The third-order valence-corrected chi connectivity index (χ3v) is 4.86. The fraction of sp³-hybridized carbons (Fsp3) is 0.320. The monoisotopic (exact) mass is 467 g/mol. The number of nitrogens with zero attached hydrogens (tertiary/aromatic N) is 2. The molecule has 0 unspecified atom stereocenters. The van der Waals surface area contributed by atoms with E-state index in [0.717, 1.165) is 17.7 Å². The minimum Gasteiger partial charge on any atom is -0.494 e. The van der Waals surface area contributed by atoms with Gasteiger partial charge in [-0.25, -0.2) is 4.68 Å². The minimum absolute atomic E-state index is 0.136. The quantitative estimate of drug-likeness (QED) is 0.437. The number of carbonyl (C=O) groups is 1. The summed E-state index contributed by atoms with van der Waals surface area (Å²) in [6.45, 7) is 3.00. The Morgan fingerprint density at radius 3 is 2.32 bits per heavy atom. The van der Waals surface area contributed by atoms with Gasteiger partial charge < -0.3 is 24.3 Å². The van der Waals surface area contributed by atoms with E-state index in [9.17, 15) is 9.59 Å². The van der Waals surface area contributed by atoms with Gasteiger partial charge in [-0.15, -0.1) is 0 Å². The van der Waals surface area contributed by atoms with E-state index in [0.29, 0.717) is 29.5 Å². The Morgan fingerprint density at radius 1 is 0.941 bits per heavy atom. The summed E-state index contributed by atoms with van der Waals surface area (Å²) in [5, 5.41) is 7.14. The van der Waals surface area contributed by atoms with Gasteiger partial charge in [-0.2, -0.15) is 5.10 Å². The molecule has 3 rings (SSSR count). The zero-order valence-electron chi connectivity index (χ0n) is 19.6. The van der Waals surface area contributed by atoms with Gasteiger partial charge >= 0.3 is 0 Å². The predicted octanol–water partition coefficient (Wildman–Crippen LogP) is 2.91. The van der Waals surface area contributed by atoms with Crippen LogP contribution in [0, 0.1) is 0 Å². The van der Waals surface area contributed by atoms with E-state index in [1.165, 1.54) is 10.7 Å². The molecular weight excluding hydrogens is 438 g/mol. The second-order valence-electron chi connectivity index (χ2n) is 7.31. The Kier molecular flexibility index (Phi) is 8.90. The lowest BCUT2D eigenvalue weighted by molar-refractivity contribution is -0.123. The predicted molar refractivity (Wildman–Crippen MR) is 128 cm³/mol. The molecule has 9 heteroatoms. The standard InChI is InChI=1S/C25H29N3O6/c1-4-15-33-19-6-8-20(9-7-19)34-17-24(29)26-13-14-28-25(30)12-10-21(27-28)18-5-11-22(31-2)23(16-18)32-3/h5-12,16H,4,13-15,17H2,1-3H3,(H,26,29). The number of aromatic nitrogens is 2. The summed E-state index contributed by atoms with van der Waals surface area (Å²) < 4.78 is 22.9. The van der Waals surface area contributed by atoms with Crippen LogP contribution in [0.15, 0.2) is 59.4 Å². The summed E-state index contributed by atoms with van der Waals surface area (Å²) in [7, 11) is 3.12. The van der Waals surface area contributed by atoms with Gasteiger partial charge in [-0.05, 0) is 55.0 Å². The number of rotatable bonds is 12. The maximum absolute atomic E-state index is 12.2. The van der Waals surface area contributed by atoms with Crippen molar-refractivity contribution in [3.8, 4) is 34.3 Å². The molecule has 0 bridgehead atoms. The number of nitrogens with one attached hydrogen (secondary N) is 1. The molecule has 2 aromatic carbocycles. The van der Waals surface area contributed by atoms with Crippen LogP contribution in [-0.2, 0) is 11.3 Å². The molecule has 180 valence electrons. The van der Waals surface area contributed by atoms with Gasteiger partial charge in [-0.1, -0.05) is 6.92 Å². The van der Waals surface area contributed by atoms with Gasteiger partial charge in [0.15, 0.2) is 18.1 Å². The highest BCUT2D eigenvalue weighted by Crippen LogP contribution is 2.31. The molecule has 34 heavy (non-hydrogen) atoms. The second-order valence-corrected chi connectivity index (χ2v) is 7.31. The van der Waals surface area contributed by atoms with Crippen LogP contribution >= 0.6 is 0 Å². The van der Waals surface area contributed by atoms with Crippen molar-refractivity contribution in [2.45, 2.75) is 19.9 Å². The van der Waals surface area contributed by atoms with E-state index in [1.807, 2.05) is 13.0 Å². The Hall–Kier alpha value is -4.01. The van der Waals surface area contributed by atoms with Crippen LogP contribution in [0.3, 0.4) is 0 Å². The van der Waals surface area contributed by atoms with Crippen LogP contribution in [0.1, 0.15) is 13.3 Å². The van der Waals surface area contributed by atoms with Gasteiger partial charge in [0.1, 0.15) is 11.5 Å². The van der Waals surface area contributed by atoms with Gasteiger partial charge in [0.25, 0.3) is 11.5 Å². The molecule has 0 aliphatic rings. The molecule has 1 heterocycles. The second kappa shape index (κ2) is 12.3. The first kappa shape index (κ1) is 24.6. The molecule has 1 aromatic heterocycles. The van der Waals surface area contributed by atoms with Crippen LogP contribution in [0.5, 0.6) is 23.0 Å². The number of methoxy groups -OCH3 is 2. The Bertz CT molecular complexity index is 1140. The lowest BCUT2D eigenvalue weighted by Crippen LogP contribution is -2.34. The molecule has 0 aliphatic heterocycles. The SMILES string of the molecule is CCCOc1ccc(OCC(=O)NCCn2nc(-c3ccc(OC)c(OC)c3)ccc2=O)cc1. The maximum atomic E-state index is 12.2. The number of carbonyl (C=O) groups excluding carboxylic acids is 1. The van der Waals surface area contributed by atoms with Crippen molar-refractivity contribution in [3.05, 3.63) is 65.0 Å². The number of ether oxygens (including phenoxy) is 4. The first-order chi connectivity index (χ1) is 16.5. The van der Waals surface area contributed by atoms with Crippen molar-refractivity contribution >= 4 is 5.91 Å².